The molecule has 2 heterocycles. The maximum atomic E-state index is 12.4. The molecule has 1 aromatic carbocycles. The molecule has 1 atom stereocenters. The number of halogens is 2. The number of aromatic nitrogens is 2. The van der Waals surface area contributed by atoms with Gasteiger partial charge in [0.2, 0.25) is 12.3 Å². The smallest absolute Gasteiger partial charge is 0.275 e. The van der Waals surface area contributed by atoms with Gasteiger partial charge in [-0.2, -0.15) is 0 Å². The van der Waals surface area contributed by atoms with Gasteiger partial charge in [0.15, 0.2) is 5.69 Å². The molecule has 2 amide bonds. The molecule has 1 aromatic heterocycles. The van der Waals surface area contributed by atoms with Crippen LogP contribution in [-0.2, 0) is 11.3 Å². The largest absolute Gasteiger partial charge is 0.362 e. The number of rotatable bonds is 9. The zero-order chi connectivity index (χ0) is 21.1. The maximum Gasteiger partial charge on any atom is 0.275 e. The van der Waals surface area contributed by atoms with Crippen molar-refractivity contribution >= 4 is 23.2 Å². The van der Waals surface area contributed by atoms with E-state index in [0.29, 0.717) is 12.2 Å². The molecule has 4 N–H and O–H groups in total. The molecule has 1 aliphatic carbocycles. The van der Waals surface area contributed by atoms with Crippen molar-refractivity contribution in [3.63, 3.8) is 0 Å². The van der Waals surface area contributed by atoms with E-state index in [1.165, 1.54) is 0 Å². The number of nitrogens with one attached hydrogen (secondary N) is 4. The lowest BCUT2D eigenvalue weighted by atomic mass is 10.1. The fourth-order valence-electron chi connectivity index (χ4n) is 3.25. The van der Waals surface area contributed by atoms with Crippen LogP contribution in [0.3, 0.4) is 0 Å². The molecule has 4 rings (SSSR count). The van der Waals surface area contributed by atoms with Gasteiger partial charge in [0, 0.05) is 25.3 Å². The highest BCUT2D eigenvalue weighted by atomic mass is 19.3. The molecule has 2 aliphatic rings. The van der Waals surface area contributed by atoms with E-state index in [-0.39, 0.29) is 36.7 Å². The van der Waals surface area contributed by atoms with E-state index in [1.807, 2.05) is 18.2 Å². The predicted molar refractivity (Wildman–Crippen MR) is 103 cm³/mol. The monoisotopic (exact) mass is 420 g/mol. The first kappa shape index (κ1) is 20.0. The number of hydrogen-bond donors (Lipinski definition) is 4. The zero-order valence-corrected chi connectivity index (χ0v) is 16.1. The quantitative estimate of drug-likeness (QED) is 0.491. The van der Waals surface area contributed by atoms with Gasteiger partial charge in [-0.25, -0.2) is 13.4 Å². The van der Waals surface area contributed by atoms with Crippen molar-refractivity contribution in [3.05, 3.63) is 35.2 Å². The Labute approximate surface area is 170 Å². The minimum atomic E-state index is -2.48. The number of alkyl halides is 2. The normalized spacial score (nSPS) is 17.2. The van der Waals surface area contributed by atoms with Gasteiger partial charge in [-0.1, -0.05) is 11.2 Å². The van der Waals surface area contributed by atoms with Gasteiger partial charge in [0.05, 0.1) is 17.9 Å². The van der Waals surface area contributed by atoms with Crippen molar-refractivity contribution in [2.24, 2.45) is 0 Å². The number of nitrogens with zero attached hydrogens (tertiary/aromatic N) is 2. The third kappa shape index (κ3) is 4.84. The molecule has 160 valence electrons. The van der Waals surface area contributed by atoms with Crippen molar-refractivity contribution in [1.82, 2.24) is 20.9 Å². The van der Waals surface area contributed by atoms with E-state index in [9.17, 15) is 18.4 Å². The number of benzene rings is 1. The fourth-order valence-corrected chi connectivity index (χ4v) is 3.25. The van der Waals surface area contributed by atoms with Crippen LogP contribution >= 0.6 is 0 Å². The lowest BCUT2D eigenvalue weighted by Gasteiger charge is -2.12. The van der Waals surface area contributed by atoms with E-state index in [0.717, 1.165) is 29.8 Å². The Kier molecular flexibility index (Phi) is 5.77. The fraction of sp³-hybridized carbons (Fsp3) is 0.474. The highest BCUT2D eigenvalue weighted by Gasteiger charge is 2.33. The average molecular weight is 420 g/mol. The molecule has 9 nitrogen and oxygen atoms in total. The van der Waals surface area contributed by atoms with Gasteiger partial charge < -0.3 is 21.3 Å². The topological polar surface area (TPSA) is 121 Å². The van der Waals surface area contributed by atoms with Gasteiger partial charge in [0.1, 0.15) is 11.9 Å². The number of hydrogen-bond acceptors (Lipinski definition) is 7. The Bertz CT molecular complexity index is 931. The van der Waals surface area contributed by atoms with Crippen LogP contribution in [0.15, 0.2) is 22.8 Å². The lowest BCUT2D eigenvalue weighted by molar-refractivity contribution is -0.122. The molecule has 2 aromatic rings. The zero-order valence-electron chi connectivity index (χ0n) is 16.1. The molecule has 0 radical (unpaired) electrons. The molecule has 0 bridgehead atoms. The van der Waals surface area contributed by atoms with Crippen LogP contribution in [0.2, 0.25) is 0 Å². The van der Waals surface area contributed by atoms with Crippen molar-refractivity contribution in [1.29, 1.82) is 0 Å². The van der Waals surface area contributed by atoms with Gasteiger partial charge in [-0.15, -0.1) is 0 Å². The van der Waals surface area contributed by atoms with Gasteiger partial charge in [-0.3, -0.25) is 9.59 Å². The van der Waals surface area contributed by atoms with Crippen LogP contribution < -0.4 is 21.3 Å². The van der Waals surface area contributed by atoms with E-state index in [1.54, 1.807) is 0 Å². The molecular formula is C19H22F2N6O3. The summed E-state index contributed by atoms with van der Waals surface area (Å²) in [5.41, 5.74) is 3.38. The Morgan fingerprint density at radius 3 is 2.73 bits per heavy atom. The summed E-state index contributed by atoms with van der Waals surface area (Å²) < 4.78 is 29.0. The second-order valence-corrected chi connectivity index (χ2v) is 7.41. The Morgan fingerprint density at radius 2 is 1.97 bits per heavy atom. The molecule has 1 fully saturated rings. The van der Waals surface area contributed by atoms with Crippen LogP contribution in [0.1, 0.15) is 53.3 Å². The van der Waals surface area contributed by atoms with Crippen LogP contribution in [0.4, 0.5) is 20.2 Å². The van der Waals surface area contributed by atoms with Gasteiger partial charge in [0.25, 0.3) is 5.91 Å². The van der Waals surface area contributed by atoms with Crippen LogP contribution in [0.5, 0.6) is 0 Å². The number of fused-ring (bicyclic) bond motifs is 1. The van der Waals surface area contributed by atoms with Crippen LogP contribution in [0.25, 0.3) is 0 Å². The van der Waals surface area contributed by atoms with Gasteiger partial charge >= 0.3 is 0 Å². The van der Waals surface area contributed by atoms with Crippen LogP contribution in [0, 0.1) is 0 Å². The lowest BCUT2D eigenvalue weighted by Crippen LogP contribution is -2.38. The number of carbonyl (C=O) groups excluding carboxylic acids is 2. The summed E-state index contributed by atoms with van der Waals surface area (Å²) in [5, 5.41) is 19.5. The molecule has 11 heteroatoms. The molecule has 0 saturated heterocycles. The summed E-state index contributed by atoms with van der Waals surface area (Å²) in [4.78, 5) is 24.0. The summed E-state index contributed by atoms with van der Waals surface area (Å²) in [5.74, 6) is -0.474. The summed E-state index contributed by atoms with van der Waals surface area (Å²) in [7, 11) is 0. The van der Waals surface area contributed by atoms with E-state index in [4.69, 9.17) is 4.63 Å². The highest BCUT2D eigenvalue weighted by Crippen LogP contribution is 2.40. The van der Waals surface area contributed by atoms with E-state index < -0.39 is 18.8 Å². The first-order valence-corrected chi connectivity index (χ1v) is 9.81. The van der Waals surface area contributed by atoms with E-state index in [2.05, 4.69) is 31.6 Å². The third-order valence-corrected chi connectivity index (χ3v) is 4.98. The second-order valence-electron chi connectivity index (χ2n) is 7.41. The van der Waals surface area contributed by atoms with Gasteiger partial charge in [-0.05, 0) is 35.7 Å². The maximum absolute atomic E-state index is 12.4. The van der Waals surface area contributed by atoms with Crippen molar-refractivity contribution in [2.75, 3.05) is 17.2 Å². The van der Waals surface area contributed by atoms with Crippen molar-refractivity contribution in [3.8, 4) is 0 Å². The van der Waals surface area contributed by atoms with E-state index >= 15 is 0 Å². The summed E-state index contributed by atoms with van der Waals surface area (Å²) in [6.45, 7) is 0.561. The first-order valence-electron chi connectivity index (χ1n) is 9.81. The SMILES string of the molecule is O=C(CCC(F)F)NCc1ccc2c(c1)NC(CNC(=O)c1nonc1C1CC1)N2. The number of carbonyl (C=O) groups is 2. The molecule has 1 saturated carbocycles. The number of anilines is 2. The molecule has 0 spiro atoms. The molecular weight excluding hydrogens is 398 g/mol. The minimum Gasteiger partial charge on any atom is -0.362 e. The second kappa shape index (κ2) is 8.64. The Morgan fingerprint density at radius 1 is 1.17 bits per heavy atom. The third-order valence-electron chi connectivity index (χ3n) is 4.98. The summed E-state index contributed by atoms with van der Waals surface area (Å²) in [6, 6.07) is 5.56. The molecule has 1 aliphatic heterocycles. The average Bonchev–Trinajstić information content (AvgIpc) is 3.30. The molecule has 30 heavy (non-hydrogen) atoms. The standard InChI is InChI=1S/C19H22F2N6O3/c20-14(21)5-6-16(28)22-8-10-1-4-12-13(7-10)25-15(24-12)9-23-19(29)18-17(11-2-3-11)26-30-27-18/h1,4,7,11,14-15,24-25H,2-3,5-6,8-9H2,(H,22,28)(H,23,29). The van der Waals surface area contributed by atoms with Crippen molar-refractivity contribution in [2.45, 2.75) is 50.7 Å². The Balaban J connectivity index is 1.25. The highest BCUT2D eigenvalue weighted by molar-refractivity contribution is 5.93. The first-order chi connectivity index (χ1) is 14.5. The number of amides is 2. The van der Waals surface area contributed by atoms with Crippen LogP contribution in [-0.4, -0.2) is 41.3 Å². The Hall–Kier alpha value is -3.24. The van der Waals surface area contributed by atoms with Crippen molar-refractivity contribution < 1.29 is 23.0 Å². The predicted octanol–water partition coefficient (Wildman–Crippen LogP) is 2.20. The summed E-state index contributed by atoms with van der Waals surface area (Å²) >= 11 is 0. The minimum absolute atomic E-state index is 0.201. The molecule has 1 unspecified atom stereocenters. The summed E-state index contributed by atoms with van der Waals surface area (Å²) in [6.07, 6.45) is -1.36.